The van der Waals surface area contributed by atoms with E-state index in [1.807, 2.05) is 48.5 Å². The van der Waals surface area contributed by atoms with Crippen molar-refractivity contribution in [1.82, 2.24) is 0 Å². The van der Waals surface area contributed by atoms with Crippen LogP contribution in [0.5, 0.6) is 11.5 Å². The summed E-state index contributed by atoms with van der Waals surface area (Å²) in [6, 6.07) is 28.1. The monoisotopic (exact) mass is 586 g/mol. The van der Waals surface area contributed by atoms with Crippen molar-refractivity contribution in [1.29, 1.82) is 0 Å². The molecule has 0 N–H and O–H groups in total. The fourth-order valence-electron chi connectivity index (χ4n) is 5.93. The average Bonchev–Trinajstić information content (AvgIpc) is 2.87. The molecule has 0 amide bonds. The largest absolute Gasteiger partial charge is 2.00 e. The average molecular weight is 587 g/mol. The third-order valence-corrected chi connectivity index (χ3v) is 7.50. The summed E-state index contributed by atoms with van der Waals surface area (Å²) in [6.45, 7) is 25.8. The molecule has 3 heteroatoms. The van der Waals surface area contributed by atoms with Gasteiger partial charge >= 0.3 is 23.1 Å². The van der Waals surface area contributed by atoms with Crippen molar-refractivity contribution in [2.24, 2.45) is 0 Å². The van der Waals surface area contributed by atoms with E-state index in [0.717, 1.165) is 11.1 Å². The standard InChI is InChI=1S/2C20H26O.Mg/c2*1-19(2,3)17-15(14-10-8-7-9-11-14)12-13-16(21)18(17)20(4,5)6;/h2*7-13,21H,1-6H3;/q;;+2/p-2. The van der Waals surface area contributed by atoms with E-state index in [-0.39, 0.29) is 56.2 Å². The molecule has 0 saturated carbocycles. The van der Waals surface area contributed by atoms with E-state index in [9.17, 15) is 10.2 Å². The van der Waals surface area contributed by atoms with Crippen molar-refractivity contribution in [3.05, 3.63) is 107 Å². The van der Waals surface area contributed by atoms with E-state index in [0.29, 0.717) is 0 Å². The zero-order valence-corrected chi connectivity index (χ0v) is 30.0. The second-order valence-electron chi connectivity index (χ2n) is 15.5. The summed E-state index contributed by atoms with van der Waals surface area (Å²) in [5, 5.41) is 25.0. The quantitative estimate of drug-likeness (QED) is 0.219. The molecule has 0 fully saturated rings. The molecule has 0 aliphatic heterocycles. The first-order chi connectivity index (χ1) is 19.2. The molecule has 0 unspecified atom stereocenters. The SMILES string of the molecule is CC(C)(C)c1c([O-])ccc(-c2ccccc2)c1C(C)(C)C.CC(C)(C)c1c([O-])ccc(-c2ccccc2)c1C(C)(C)C.[Mg+2]. The summed E-state index contributed by atoms with van der Waals surface area (Å²) < 4.78 is 0. The molecule has 43 heavy (non-hydrogen) atoms. The molecule has 0 radical (unpaired) electrons. The van der Waals surface area contributed by atoms with Gasteiger partial charge in [0.2, 0.25) is 0 Å². The summed E-state index contributed by atoms with van der Waals surface area (Å²) in [5.74, 6) is 0.291. The van der Waals surface area contributed by atoms with Crippen molar-refractivity contribution in [2.45, 2.75) is 105 Å². The van der Waals surface area contributed by atoms with Crippen molar-refractivity contribution in [2.75, 3.05) is 0 Å². The molecule has 0 atom stereocenters. The van der Waals surface area contributed by atoms with Crippen LogP contribution in [0.2, 0.25) is 0 Å². The predicted molar refractivity (Wildman–Crippen MR) is 183 cm³/mol. The fraction of sp³-hybridized carbons (Fsp3) is 0.400. The van der Waals surface area contributed by atoms with Gasteiger partial charge in [0.05, 0.1) is 0 Å². The topological polar surface area (TPSA) is 46.1 Å². The van der Waals surface area contributed by atoms with Crippen LogP contribution in [0.3, 0.4) is 0 Å². The third kappa shape index (κ3) is 8.67. The Morgan fingerprint density at radius 3 is 0.837 bits per heavy atom. The van der Waals surface area contributed by atoms with Crippen molar-refractivity contribution in [3.63, 3.8) is 0 Å². The molecule has 4 aromatic carbocycles. The maximum atomic E-state index is 12.5. The predicted octanol–water partition coefficient (Wildman–Crippen LogP) is 9.66. The molecule has 4 rings (SSSR count). The van der Waals surface area contributed by atoms with Crippen molar-refractivity contribution < 1.29 is 10.2 Å². The van der Waals surface area contributed by atoms with Gasteiger partial charge in [-0.15, -0.1) is 11.5 Å². The first kappa shape index (κ1) is 36.4. The zero-order chi connectivity index (χ0) is 31.7. The van der Waals surface area contributed by atoms with Crippen LogP contribution >= 0.6 is 0 Å². The van der Waals surface area contributed by atoms with Gasteiger partial charge in [-0.3, -0.25) is 0 Å². The van der Waals surface area contributed by atoms with Gasteiger partial charge in [0.25, 0.3) is 0 Å². The summed E-state index contributed by atoms with van der Waals surface area (Å²) >= 11 is 0. The summed E-state index contributed by atoms with van der Waals surface area (Å²) in [6.07, 6.45) is 0. The van der Waals surface area contributed by atoms with E-state index < -0.39 is 0 Å². The molecule has 4 aromatic rings. The molecule has 0 aliphatic carbocycles. The van der Waals surface area contributed by atoms with Crippen molar-refractivity contribution in [3.8, 4) is 33.8 Å². The number of hydrogen-bond donors (Lipinski definition) is 0. The third-order valence-electron chi connectivity index (χ3n) is 7.50. The fourth-order valence-corrected chi connectivity index (χ4v) is 5.93. The molecular weight excluding hydrogens is 537 g/mol. The van der Waals surface area contributed by atoms with Crippen LogP contribution in [0.15, 0.2) is 84.9 Å². The Morgan fingerprint density at radius 1 is 0.349 bits per heavy atom. The minimum atomic E-state index is -0.162. The molecule has 224 valence electrons. The van der Waals surface area contributed by atoms with Gasteiger partial charge in [0, 0.05) is 0 Å². The molecule has 0 saturated heterocycles. The number of hydrogen-bond acceptors (Lipinski definition) is 2. The van der Waals surface area contributed by atoms with E-state index in [1.165, 1.54) is 33.4 Å². The van der Waals surface area contributed by atoms with Crippen molar-refractivity contribution >= 4 is 23.1 Å². The number of rotatable bonds is 2. The zero-order valence-electron chi connectivity index (χ0n) is 28.6. The molecule has 0 heterocycles. The summed E-state index contributed by atoms with van der Waals surface area (Å²) in [5.41, 5.74) is 8.45. The normalized spacial score (nSPS) is 12.2. The van der Waals surface area contributed by atoms with Crippen LogP contribution in [0, 0.1) is 0 Å². The van der Waals surface area contributed by atoms with Crippen LogP contribution in [0.1, 0.15) is 105 Å². The smallest absolute Gasteiger partial charge is 0.872 e. The van der Waals surface area contributed by atoms with Crippen LogP contribution in [0.4, 0.5) is 0 Å². The van der Waals surface area contributed by atoms with Crippen LogP contribution in [-0.4, -0.2) is 23.1 Å². The Bertz CT molecular complexity index is 1370. The maximum absolute atomic E-state index is 12.5. The Kier molecular flexibility index (Phi) is 11.4. The van der Waals surface area contributed by atoms with Gasteiger partial charge in [-0.05, 0) is 66.2 Å². The van der Waals surface area contributed by atoms with Crippen LogP contribution in [0.25, 0.3) is 22.3 Å². The first-order valence-electron chi connectivity index (χ1n) is 15.1. The molecule has 0 aliphatic rings. The molecule has 0 spiro atoms. The second-order valence-corrected chi connectivity index (χ2v) is 15.5. The molecule has 0 aromatic heterocycles. The van der Waals surface area contributed by atoms with E-state index in [2.05, 4.69) is 107 Å². The van der Waals surface area contributed by atoms with Crippen LogP contribution < -0.4 is 10.2 Å². The van der Waals surface area contributed by atoms with Gasteiger partial charge in [-0.1, -0.05) is 168 Å². The molecule has 0 bridgehead atoms. The molecular formula is C40H50MgO2. The minimum absolute atomic E-state index is 0. The first-order valence-corrected chi connectivity index (χ1v) is 15.1. The Balaban J connectivity index is 0.000000293. The molecule has 2 nitrogen and oxygen atoms in total. The van der Waals surface area contributed by atoms with Gasteiger partial charge in [-0.25, -0.2) is 0 Å². The minimum Gasteiger partial charge on any atom is -0.872 e. The Hall–Kier alpha value is -2.75. The van der Waals surface area contributed by atoms with Gasteiger partial charge < -0.3 is 10.2 Å². The van der Waals surface area contributed by atoms with Gasteiger partial charge in [0.15, 0.2) is 0 Å². The van der Waals surface area contributed by atoms with E-state index in [4.69, 9.17) is 0 Å². The summed E-state index contributed by atoms with van der Waals surface area (Å²) in [4.78, 5) is 0. The Labute approximate surface area is 277 Å². The Morgan fingerprint density at radius 2 is 0.605 bits per heavy atom. The summed E-state index contributed by atoms with van der Waals surface area (Å²) in [7, 11) is 0. The second kappa shape index (κ2) is 13.5. The van der Waals surface area contributed by atoms with Crippen LogP contribution in [-0.2, 0) is 21.7 Å². The number of benzene rings is 4. The van der Waals surface area contributed by atoms with E-state index >= 15 is 0 Å². The van der Waals surface area contributed by atoms with Gasteiger partial charge in [-0.2, -0.15) is 0 Å². The van der Waals surface area contributed by atoms with Gasteiger partial charge in [0.1, 0.15) is 0 Å². The maximum Gasteiger partial charge on any atom is 2.00 e. The van der Waals surface area contributed by atoms with E-state index in [1.54, 1.807) is 12.1 Å².